The number of hydrogen-bond acceptors (Lipinski definition) is 2. The van der Waals surface area contributed by atoms with Crippen molar-refractivity contribution < 1.29 is 0 Å². The molecule has 17 heavy (non-hydrogen) atoms. The summed E-state index contributed by atoms with van der Waals surface area (Å²) in [5.74, 6) is 0.694. The van der Waals surface area contributed by atoms with Crippen molar-refractivity contribution in [1.29, 1.82) is 0 Å². The molecule has 0 aliphatic rings. The van der Waals surface area contributed by atoms with Gasteiger partial charge < -0.3 is 5.32 Å². The lowest BCUT2D eigenvalue weighted by atomic mass is 9.95. The number of hydrogen-bond donors (Lipinski definition) is 1. The minimum absolute atomic E-state index is 0.449. The van der Waals surface area contributed by atoms with E-state index in [4.69, 9.17) is 0 Å². The minimum atomic E-state index is 0.449. The molecule has 0 aliphatic heterocycles. The topological polar surface area (TPSA) is 29.9 Å². The van der Waals surface area contributed by atoms with E-state index in [2.05, 4.69) is 57.3 Å². The Bertz CT molecular complexity index is 317. The SMILES string of the molecule is CCNC(Cc1ccn(C(C)C)n1)C(C)CC. The van der Waals surface area contributed by atoms with Gasteiger partial charge in [0.05, 0.1) is 5.69 Å². The van der Waals surface area contributed by atoms with Crippen LogP contribution in [0.4, 0.5) is 0 Å². The summed E-state index contributed by atoms with van der Waals surface area (Å²) < 4.78 is 2.04. The molecule has 0 saturated heterocycles. The van der Waals surface area contributed by atoms with Gasteiger partial charge in [-0.25, -0.2) is 0 Å². The summed E-state index contributed by atoms with van der Waals surface area (Å²) in [6, 6.07) is 3.14. The van der Waals surface area contributed by atoms with E-state index in [1.54, 1.807) is 0 Å². The molecule has 3 heteroatoms. The third-order valence-corrected chi connectivity index (χ3v) is 3.42. The Hall–Kier alpha value is -0.830. The van der Waals surface area contributed by atoms with Crippen molar-refractivity contribution in [2.24, 2.45) is 5.92 Å². The smallest absolute Gasteiger partial charge is 0.0640 e. The first-order valence-electron chi connectivity index (χ1n) is 6.85. The van der Waals surface area contributed by atoms with E-state index in [1.807, 2.05) is 4.68 Å². The summed E-state index contributed by atoms with van der Waals surface area (Å²) in [6.07, 6.45) is 4.32. The molecule has 1 aromatic rings. The van der Waals surface area contributed by atoms with Crippen LogP contribution in [0, 0.1) is 5.92 Å². The normalized spacial score (nSPS) is 15.2. The maximum absolute atomic E-state index is 4.63. The highest BCUT2D eigenvalue weighted by Gasteiger charge is 2.16. The standard InChI is InChI=1S/C14H27N3/c1-6-12(5)14(15-7-2)10-13-8-9-17(16-13)11(3)4/h8-9,11-12,14-15H,6-7,10H2,1-5H3. The summed E-state index contributed by atoms with van der Waals surface area (Å²) in [4.78, 5) is 0. The van der Waals surface area contributed by atoms with Crippen LogP contribution in [0.15, 0.2) is 12.3 Å². The molecule has 1 aromatic heterocycles. The Labute approximate surface area is 106 Å². The van der Waals surface area contributed by atoms with Crippen molar-refractivity contribution in [2.75, 3.05) is 6.54 Å². The molecule has 1 N–H and O–H groups in total. The monoisotopic (exact) mass is 237 g/mol. The number of nitrogens with one attached hydrogen (secondary N) is 1. The molecule has 0 spiro atoms. The van der Waals surface area contributed by atoms with Gasteiger partial charge in [0.15, 0.2) is 0 Å². The maximum Gasteiger partial charge on any atom is 0.0640 e. The van der Waals surface area contributed by atoms with Crippen LogP contribution < -0.4 is 5.32 Å². The number of nitrogens with zero attached hydrogens (tertiary/aromatic N) is 2. The highest BCUT2D eigenvalue weighted by molar-refractivity contribution is 5.02. The predicted octanol–water partition coefficient (Wildman–Crippen LogP) is 3.03. The molecule has 3 nitrogen and oxygen atoms in total. The number of aromatic nitrogens is 2. The Kier molecular flexibility index (Phi) is 5.69. The van der Waals surface area contributed by atoms with Gasteiger partial charge in [-0.05, 0) is 32.4 Å². The first kappa shape index (κ1) is 14.2. The van der Waals surface area contributed by atoms with Crippen molar-refractivity contribution in [3.8, 4) is 0 Å². The second kappa shape index (κ2) is 6.80. The highest BCUT2D eigenvalue weighted by atomic mass is 15.3. The van der Waals surface area contributed by atoms with Crippen LogP contribution in [0.5, 0.6) is 0 Å². The molecular weight excluding hydrogens is 210 g/mol. The van der Waals surface area contributed by atoms with Crippen LogP contribution in [0.2, 0.25) is 0 Å². The molecule has 0 fully saturated rings. The van der Waals surface area contributed by atoms with Gasteiger partial charge in [-0.2, -0.15) is 5.10 Å². The molecule has 0 aliphatic carbocycles. The molecule has 98 valence electrons. The summed E-state index contributed by atoms with van der Waals surface area (Å²) in [5, 5.41) is 8.20. The second-order valence-electron chi connectivity index (χ2n) is 5.13. The second-order valence-corrected chi connectivity index (χ2v) is 5.13. The Morgan fingerprint density at radius 1 is 1.29 bits per heavy atom. The molecule has 0 amide bonds. The van der Waals surface area contributed by atoms with Crippen molar-refractivity contribution in [1.82, 2.24) is 15.1 Å². The Morgan fingerprint density at radius 3 is 2.47 bits per heavy atom. The van der Waals surface area contributed by atoms with Crippen LogP contribution in [-0.2, 0) is 6.42 Å². The van der Waals surface area contributed by atoms with E-state index in [0.29, 0.717) is 18.0 Å². The highest BCUT2D eigenvalue weighted by Crippen LogP contribution is 2.13. The first-order chi connectivity index (χ1) is 8.08. The van der Waals surface area contributed by atoms with Gasteiger partial charge in [0.2, 0.25) is 0 Å². The third-order valence-electron chi connectivity index (χ3n) is 3.42. The fourth-order valence-corrected chi connectivity index (χ4v) is 2.02. The van der Waals surface area contributed by atoms with Crippen LogP contribution >= 0.6 is 0 Å². The quantitative estimate of drug-likeness (QED) is 0.790. The van der Waals surface area contributed by atoms with Gasteiger partial charge >= 0.3 is 0 Å². The van der Waals surface area contributed by atoms with Crippen LogP contribution in [0.25, 0.3) is 0 Å². The molecule has 0 saturated carbocycles. The zero-order chi connectivity index (χ0) is 12.8. The number of likely N-dealkylation sites (N-methyl/N-ethyl adjacent to an activating group) is 1. The zero-order valence-electron chi connectivity index (χ0n) is 11.9. The molecule has 1 rings (SSSR count). The van der Waals surface area contributed by atoms with E-state index in [9.17, 15) is 0 Å². The van der Waals surface area contributed by atoms with Crippen molar-refractivity contribution >= 4 is 0 Å². The molecular formula is C14H27N3. The summed E-state index contributed by atoms with van der Waals surface area (Å²) in [7, 11) is 0. The van der Waals surface area contributed by atoms with E-state index >= 15 is 0 Å². The lowest BCUT2D eigenvalue weighted by Crippen LogP contribution is -2.36. The van der Waals surface area contributed by atoms with Gasteiger partial charge in [0, 0.05) is 24.7 Å². The van der Waals surface area contributed by atoms with Gasteiger partial charge in [-0.1, -0.05) is 27.2 Å². The fraction of sp³-hybridized carbons (Fsp3) is 0.786. The molecule has 0 bridgehead atoms. The van der Waals surface area contributed by atoms with Gasteiger partial charge in [0.1, 0.15) is 0 Å². The van der Waals surface area contributed by atoms with Gasteiger partial charge in [0.25, 0.3) is 0 Å². The Balaban J connectivity index is 2.64. The fourth-order valence-electron chi connectivity index (χ4n) is 2.02. The van der Waals surface area contributed by atoms with Gasteiger partial charge in [-0.3, -0.25) is 4.68 Å². The average molecular weight is 237 g/mol. The molecule has 1 heterocycles. The number of rotatable bonds is 7. The largest absolute Gasteiger partial charge is 0.314 e. The van der Waals surface area contributed by atoms with E-state index in [-0.39, 0.29) is 0 Å². The minimum Gasteiger partial charge on any atom is -0.314 e. The molecule has 2 unspecified atom stereocenters. The van der Waals surface area contributed by atoms with Crippen molar-refractivity contribution in [3.63, 3.8) is 0 Å². The summed E-state index contributed by atoms with van der Waals surface area (Å²) in [5.41, 5.74) is 1.20. The molecule has 2 atom stereocenters. The molecule has 0 aromatic carbocycles. The molecule has 0 radical (unpaired) electrons. The van der Waals surface area contributed by atoms with Crippen molar-refractivity contribution in [3.05, 3.63) is 18.0 Å². The Morgan fingerprint density at radius 2 is 2.00 bits per heavy atom. The van der Waals surface area contributed by atoms with Crippen molar-refractivity contribution in [2.45, 2.75) is 59.5 Å². The lowest BCUT2D eigenvalue weighted by Gasteiger charge is -2.23. The van der Waals surface area contributed by atoms with Gasteiger partial charge in [-0.15, -0.1) is 0 Å². The van der Waals surface area contributed by atoms with E-state index in [1.165, 1.54) is 12.1 Å². The summed E-state index contributed by atoms with van der Waals surface area (Å²) >= 11 is 0. The van der Waals surface area contributed by atoms with Crippen LogP contribution in [-0.4, -0.2) is 22.4 Å². The van der Waals surface area contributed by atoms with Crippen LogP contribution in [0.3, 0.4) is 0 Å². The van der Waals surface area contributed by atoms with E-state index < -0.39 is 0 Å². The predicted molar refractivity (Wildman–Crippen MR) is 73.2 cm³/mol. The first-order valence-corrected chi connectivity index (χ1v) is 6.85. The average Bonchev–Trinajstić information content (AvgIpc) is 2.76. The zero-order valence-corrected chi connectivity index (χ0v) is 11.9. The van der Waals surface area contributed by atoms with E-state index in [0.717, 1.165) is 13.0 Å². The van der Waals surface area contributed by atoms with Crippen LogP contribution in [0.1, 0.15) is 52.8 Å². The summed E-state index contributed by atoms with van der Waals surface area (Å²) in [6.45, 7) is 12.1. The lowest BCUT2D eigenvalue weighted by molar-refractivity contribution is 0.366. The maximum atomic E-state index is 4.63. The third kappa shape index (κ3) is 4.15.